The molecule has 1 aliphatic heterocycles. The van der Waals surface area contributed by atoms with Gasteiger partial charge in [0.2, 0.25) is 0 Å². The Labute approximate surface area is 143 Å². The predicted octanol–water partition coefficient (Wildman–Crippen LogP) is 3.08. The first kappa shape index (κ1) is 16.7. The van der Waals surface area contributed by atoms with Gasteiger partial charge in [0.1, 0.15) is 11.3 Å². The van der Waals surface area contributed by atoms with Crippen molar-refractivity contribution in [1.82, 2.24) is 15.4 Å². The average molecular weight is 327 g/mol. The van der Waals surface area contributed by atoms with Crippen LogP contribution in [0.25, 0.3) is 0 Å². The van der Waals surface area contributed by atoms with Gasteiger partial charge in [-0.2, -0.15) is 0 Å². The summed E-state index contributed by atoms with van der Waals surface area (Å²) in [6.45, 7) is 6.26. The number of likely N-dealkylation sites (tertiary alicyclic amines) is 1. The highest BCUT2D eigenvalue weighted by atomic mass is 16.5. The van der Waals surface area contributed by atoms with E-state index in [9.17, 15) is 4.79 Å². The standard InChI is InChI=1S/C19H25N3O2/c1-14-18(15(2)24-21-14)19(23)20-12-17-10-6-7-11-22(17)13-16-8-4-3-5-9-16/h3-5,8-9,17H,6-7,10-13H2,1-2H3,(H,20,23). The summed E-state index contributed by atoms with van der Waals surface area (Å²) < 4.78 is 5.09. The fraction of sp³-hybridized carbons (Fsp3) is 0.474. The molecule has 128 valence electrons. The Kier molecular flexibility index (Phi) is 5.30. The topological polar surface area (TPSA) is 58.4 Å². The average Bonchev–Trinajstić information content (AvgIpc) is 2.93. The maximum absolute atomic E-state index is 12.4. The molecule has 0 radical (unpaired) electrons. The van der Waals surface area contributed by atoms with Crippen molar-refractivity contribution in [3.05, 3.63) is 52.9 Å². The number of aryl methyl sites for hydroxylation is 2. The van der Waals surface area contributed by atoms with Crippen molar-refractivity contribution < 1.29 is 9.32 Å². The number of rotatable bonds is 5. The highest BCUT2D eigenvalue weighted by Crippen LogP contribution is 2.19. The molecule has 1 aliphatic rings. The lowest BCUT2D eigenvalue weighted by Gasteiger charge is -2.35. The summed E-state index contributed by atoms with van der Waals surface area (Å²) in [6.07, 6.45) is 3.56. The molecule has 24 heavy (non-hydrogen) atoms. The van der Waals surface area contributed by atoms with Crippen LogP contribution >= 0.6 is 0 Å². The van der Waals surface area contributed by atoms with Crippen LogP contribution < -0.4 is 5.32 Å². The highest BCUT2D eigenvalue weighted by molar-refractivity contribution is 5.96. The number of piperidine rings is 1. The van der Waals surface area contributed by atoms with Gasteiger partial charge in [-0.15, -0.1) is 0 Å². The number of benzene rings is 1. The zero-order valence-electron chi connectivity index (χ0n) is 14.4. The molecule has 0 spiro atoms. The summed E-state index contributed by atoms with van der Waals surface area (Å²) in [6, 6.07) is 10.9. The van der Waals surface area contributed by atoms with Crippen molar-refractivity contribution in [2.24, 2.45) is 0 Å². The molecule has 1 atom stereocenters. The van der Waals surface area contributed by atoms with Crippen molar-refractivity contribution in [3.63, 3.8) is 0 Å². The van der Waals surface area contributed by atoms with Crippen LogP contribution in [-0.2, 0) is 6.54 Å². The van der Waals surface area contributed by atoms with Crippen molar-refractivity contribution in [2.45, 2.75) is 45.7 Å². The van der Waals surface area contributed by atoms with Gasteiger partial charge in [-0.25, -0.2) is 0 Å². The van der Waals surface area contributed by atoms with Crippen LogP contribution in [0.3, 0.4) is 0 Å². The summed E-state index contributed by atoms with van der Waals surface area (Å²) in [5, 5.41) is 6.93. The van der Waals surface area contributed by atoms with Gasteiger partial charge in [-0.1, -0.05) is 41.9 Å². The molecular weight excluding hydrogens is 302 g/mol. The molecule has 5 nitrogen and oxygen atoms in total. The van der Waals surface area contributed by atoms with Crippen LogP contribution in [-0.4, -0.2) is 35.1 Å². The lowest BCUT2D eigenvalue weighted by atomic mass is 10.0. The van der Waals surface area contributed by atoms with Crippen LogP contribution in [0.15, 0.2) is 34.9 Å². The number of nitrogens with one attached hydrogen (secondary N) is 1. The van der Waals surface area contributed by atoms with Gasteiger partial charge in [0.25, 0.3) is 5.91 Å². The Morgan fingerprint density at radius 2 is 2.08 bits per heavy atom. The van der Waals surface area contributed by atoms with E-state index in [1.54, 1.807) is 13.8 Å². The van der Waals surface area contributed by atoms with Gasteiger partial charge in [0, 0.05) is 19.1 Å². The number of hydrogen-bond acceptors (Lipinski definition) is 4. The summed E-state index contributed by atoms with van der Waals surface area (Å²) in [5.74, 6) is 0.492. The minimum Gasteiger partial charge on any atom is -0.361 e. The second-order valence-electron chi connectivity index (χ2n) is 6.51. The van der Waals surface area contributed by atoms with Crippen molar-refractivity contribution in [3.8, 4) is 0 Å². The minimum absolute atomic E-state index is 0.0866. The Morgan fingerprint density at radius 3 is 2.79 bits per heavy atom. The number of carbonyl (C=O) groups excluding carboxylic acids is 1. The Bertz CT molecular complexity index is 662. The van der Waals surface area contributed by atoms with Crippen LogP contribution in [0.2, 0.25) is 0 Å². The maximum atomic E-state index is 12.4. The maximum Gasteiger partial charge on any atom is 0.256 e. The van der Waals surface area contributed by atoms with Crippen molar-refractivity contribution in [2.75, 3.05) is 13.1 Å². The van der Waals surface area contributed by atoms with Crippen LogP contribution in [0.1, 0.15) is 46.6 Å². The molecule has 1 amide bonds. The number of hydrogen-bond donors (Lipinski definition) is 1. The quantitative estimate of drug-likeness (QED) is 0.917. The Balaban J connectivity index is 1.61. The monoisotopic (exact) mass is 327 g/mol. The summed E-state index contributed by atoms with van der Waals surface area (Å²) in [4.78, 5) is 14.9. The number of aromatic nitrogens is 1. The molecule has 5 heteroatoms. The fourth-order valence-corrected chi connectivity index (χ4v) is 3.42. The first-order valence-corrected chi connectivity index (χ1v) is 8.64. The van der Waals surface area contributed by atoms with Gasteiger partial charge < -0.3 is 9.84 Å². The normalized spacial score (nSPS) is 18.5. The molecule has 1 fully saturated rings. The summed E-state index contributed by atoms with van der Waals surface area (Å²) in [5.41, 5.74) is 2.54. The largest absolute Gasteiger partial charge is 0.361 e. The van der Waals surface area contributed by atoms with E-state index in [-0.39, 0.29) is 5.91 Å². The molecular formula is C19H25N3O2. The summed E-state index contributed by atoms with van der Waals surface area (Å²) >= 11 is 0. The fourth-order valence-electron chi connectivity index (χ4n) is 3.42. The third-order valence-corrected chi connectivity index (χ3v) is 4.74. The first-order chi connectivity index (χ1) is 11.6. The van der Waals surface area contributed by atoms with E-state index >= 15 is 0 Å². The second-order valence-corrected chi connectivity index (χ2v) is 6.51. The van der Waals surface area contributed by atoms with E-state index < -0.39 is 0 Å². The van der Waals surface area contributed by atoms with Gasteiger partial charge in [-0.3, -0.25) is 9.69 Å². The van der Waals surface area contributed by atoms with Crippen molar-refractivity contribution >= 4 is 5.91 Å². The number of amides is 1. The second kappa shape index (κ2) is 7.62. The van der Waals surface area contributed by atoms with Gasteiger partial charge in [-0.05, 0) is 38.8 Å². The SMILES string of the molecule is Cc1noc(C)c1C(=O)NCC1CCCCN1Cc1ccccc1. The highest BCUT2D eigenvalue weighted by Gasteiger charge is 2.24. The Morgan fingerprint density at radius 1 is 1.29 bits per heavy atom. The molecule has 1 aromatic heterocycles. The summed E-state index contributed by atoms with van der Waals surface area (Å²) in [7, 11) is 0. The molecule has 1 aromatic carbocycles. The molecule has 2 heterocycles. The minimum atomic E-state index is -0.0866. The smallest absolute Gasteiger partial charge is 0.256 e. The molecule has 3 rings (SSSR count). The first-order valence-electron chi connectivity index (χ1n) is 8.64. The third kappa shape index (κ3) is 3.85. The molecule has 0 bridgehead atoms. The van der Waals surface area contributed by atoms with E-state index in [1.807, 2.05) is 6.07 Å². The molecule has 1 unspecified atom stereocenters. The van der Waals surface area contributed by atoms with E-state index in [0.29, 0.717) is 29.6 Å². The molecule has 0 saturated carbocycles. The van der Waals surface area contributed by atoms with Gasteiger partial charge >= 0.3 is 0 Å². The van der Waals surface area contributed by atoms with Crippen LogP contribution in [0, 0.1) is 13.8 Å². The zero-order valence-corrected chi connectivity index (χ0v) is 14.4. The van der Waals surface area contributed by atoms with E-state index in [1.165, 1.54) is 18.4 Å². The lowest BCUT2D eigenvalue weighted by Crippen LogP contribution is -2.46. The van der Waals surface area contributed by atoms with E-state index in [4.69, 9.17) is 4.52 Å². The Hall–Kier alpha value is -2.14. The van der Waals surface area contributed by atoms with Crippen LogP contribution in [0.5, 0.6) is 0 Å². The lowest BCUT2D eigenvalue weighted by molar-refractivity contribution is 0.0905. The van der Waals surface area contributed by atoms with Crippen LogP contribution in [0.4, 0.5) is 0 Å². The van der Waals surface area contributed by atoms with Gasteiger partial charge in [0.05, 0.1) is 5.69 Å². The third-order valence-electron chi connectivity index (χ3n) is 4.74. The zero-order chi connectivity index (χ0) is 16.9. The number of nitrogens with zero attached hydrogens (tertiary/aromatic N) is 2. The number of carbonyl (C=O) groups is 1. The molecule has 1 saturated heterocycles. The van der Waals surface area contributed by atoms with Crippen molar-refractivity contribution in [1.29, 1.82) is 0 Å². The van der Waals surface area contributed by atoms with E-state index in [2.05, 4.69) is 39.6 Å². The molecule has 2 aromatic rings. The van der Waals surface area contributed by atoms with E-state index in [0.717, 1.165) is 19.5 Å². The predicted molar refractivity (Wildman–Crippen MR) is 92.8 cm³/mol. The molecule has 1 N–H and O–H groups in total. The van der Waals surface area contributed by atoms with Gasteiger partial charge in [0.15, 0.2) is 0 Å². The molecule has 0 aliphatic carbocycles.